The highest BCUT2D eigenvalue weighted by atomic mass is 32.2. The molecule has 8 nitrogen and oxygen atoms in total. The zero-order valence-corrected chi connectivity index (χ0v) is 17.3. The molecule has 0 bridgehead atoms. The smallest absolute Gasteiger partial charge is 0.243 e. The summed E-state index contributed by atoms with van der Waals surface area (Å²) in [4.78, 5) is 30.3. The summed E-state index contributed by atoms with van der Waals surface area (Å²) < 4.78 is 27.6. The number of sulfonamides is 1. The molecule has 4 rings (SSSR count). The fourth-order valence-electron chi connectivity index (χ4n) is 3.92. The van der Waals surface area contributed by atoms with Gasteiger partial charge in [-0.05, 0) is 55.7 Å². The molecule has 0 aliphatic carbocycles. The van der Waals surface area contributed by atoms with E-state index in [0.717, 1.165) is 6.42 Å². The summed E-state index contributed by atoms with van der Waals surface area (Å²) in [6.45, 7) is 1.18. The molecule has 158 valence electrons. The molecule has 2 amide bonds. The van der Waals surface area contributed by atoms with Crippen molar-refractivity contribution in [3.63, 3.8) is 0 Å². The lowest BCUT2D eigenvalue weighted by Crippen LogP contribution is -2.43. The van der Waals surface area contributed by atoms with Crippen LogP contribution < -0.4 is 10.2 Å². The number of carbonyl (C=O) groups excluding carboxylic acids is 2. The van der Waals surface area contributed by atoms with Crippen LogP contribution in [-0.2, 0) is 19.6 Å². The minimum Gasteiger partial charge on any atom is -0.324 e. The van der Waals surface area contributed by atoms with Crippen molar-refractivity contribution in [1.29, 1.82) is 0 Å². The maximum Gasteiger partial charge on any atom is 0.243 e. The summed E-state index contributed by atoms with van der Waals surface area (Å²) in [5.74, 6) is -0.565. The molecule has 30 heavy (non-hydrogen) atoms. The van der Waals surface area contributed by atoms with E-state index in [0.29, 0.717) is 43.7 Å². The van der Waals surface area contributed by atoms with Gasteiger partial charge in [-0.15, -0.1) is 0 Å². The van der Waals surface area contributed by atoms with Crippen LogP contribution in [0.25, 0.3) is 0 Å². The fourth-order valence-corrected chi connectivity index (χ4v) is 5.45. The van der Waals surface area contributed by atoms with Crippen LogP contribution in [0.15, 0.2) is 53.7 Å². The zero-order valence-electron chi connectivity index (χ0n) is 16.5. The largest absolute Gasteiger partial charge is 0.324 e. The Hall–Kier alpha value is -2.78. The van der Waals surface area contributed by atoms with E-state index in [9.17, 15) is 18.0 Å². The van der Waals surface area contributed by atoms with Crippen molar-refractivity contribution in [2.75, 3.05) is 29.9 Å². The molecule has 0 radical (unpaired) electrons. The first kappa shape index (κ1) is 20.5. The number of hydrogen-bond acceptors (Lipinski definition) is 5. The maximum atomic E-state index is 13.1. The second-order valence-corrected chi connectivity index (χ2v) is 9.51. The number of hydrogen-bond donors (Lipinski definition) is 1. The molecule has 2 aliphatic heterocycles. The normalized spacial score (nSPS) is 20.3. The Labute approximate surface area is 175 Å². The third-order valence-corrected chi connectivity index (χ3v) is 7.42. The highest BCUT2D eigenvalue weighted by Gasteiger charge is 2.33. The van der Waals surface area contributed by atoms with Gasteiger partial charge in [-0.25, -0.2) is 8.42 Å². The maximum absolute atomic E-state index is 13.1. The third-order valence-electron chi connectivity index (χ3n) is 5.54. The molecule has 2 fully saturated rings. The van der Waals surface area contributed by atoms with Crippen molar-refractivity contribution >= 4 is 33.2 Å². The van der Waals surface area contributed by atoms with Gasteiger partial charge >= 0.3 is 0 Å². The lowest BCUT2D eigenvalue weighted by molar-refractivity contribution is -0.121. The fraction of sp³-hybridized carbons (Fsp3) is 0.381. The molecular weight excluding hydrogens is 404 g/mol. The summed E-state index contributed by atoms with van der Waals surface area (Å²) in [5, 5.41) is 2.81. The number of nitrogens with one attached hydrogen (secondary N) is 1. The molecule has 2 aromatic rings. The Morgan fingerprint density at radius 3 is 2.57 bits per heavy atom. The summed E-state index contributed by atoms with van der Waals surface area (Å²) in [6, 6.07) is 9.89. The summed E-state index contributed by atoms with van der Waals surface area (Å²) in [5.41, 5.74) is 1.30. The minimum absolute atomic E-state index is 0.0594. The molecule has 1 atom stereocenters. The number of aromatic nitrogens is 1. The van der Waals surface area contributed by atoms with Gasteiger partial charge in [0.25, 0.3) is 0 Å². The Morgan fingerprint density at radius 1 is 1.10 bits per heavy atom. The van der Waals surface area contributed by atoms with Crippen molar-refractivity contribution in [2.24, 2.45) is 5.92 Å². The molecule has 1 aromatic heterocycles. The van der Waals surface area contributed by atoms with E-state index in [1.807, 2.05) is 0 Å². The molecule has 3 heterocycles. The monoisotopic (exact) mass is 428 g/mol. The van der Waals surface area contributed by atoms with Gasteiger partial charge in [0.1, 0.15) is 0 Å². The lowest BCUT2D eigenvalue weighted by atomic mass is 9.99. The van der Waals surface area contributed by atoms with Gasteiger partial charge in [-0.1, -0.05) is 0 Å². The second kappa shape index (κ2) is 8.53. The van der Waals surface area contributed by atoms with Crippen LogP contribution in [0.3, 0.4) is 0 Å². The number of benzene rings is 1. The number of nitrogens with zero attached hydrogens (tertiary/aromatic N) is 3. The molecule has 1 N–H and O–H groups in total. The average Bonchev–Trinajstić information content (AvgIpc) is 3.20. The van der Waals surface area contributed by atoms with Gasteiger partial charge < -0.3 is 10.2 Å². The third kappa shape index (κ3) is 4.22. The van der Waals surface area contributed by atoms with Gasteiger partial charge in [0.2, 0.25) is 21.8 Å². The summed E-state index contributed by atoms with van der Waals surface area (Å²) in [6.07, 6.45) is 5.77. The molecule has 2 saturated heterocycles. The van der Waals surface area contributed by atoms with Crippen molar-refractivity contribution in [1.82, 2.24) is 9.29 Å². The van der Waals surface area contributed by atoms with Crippen molar-refractivity contribution in [2.45, 2.75) is 30.6 Å². The standard InChI is InChI=1S/C21H24N4O4S/c26-20-6-3-13-25(20)18-7-9-19(10-8-18)30(28,29)24-12-2-4-16(15-24)21(27)23-17-5-1-11-22-14-17/h1,5,7-11,14,16H,2-4,6,12-13,15H2,(H,23,27)/t16-/m0/s1. The van der Waals surface area contributed by atoms with Crippen molar-refractivity contribution in [3.05, 3.63) is 48.8 Å². The van der Waals surface area contributed by atoms with E-state index in [-0.39, 0.29) is 23.3 Å². The Kier molecular flexibility index (Phi) is 5.83. The van der Waals surface area contributed by atoms with Crippen LogP contribution in [0.4, 0.5) is 11.4 Å². The topological polar surface area (TPSA) is 99.7 Å². The van der Waals surface area contributed by atoms with Crippen molar-refractivity contribution < 1.29 is 18.0 Å². The number of amides is 2. The first-order chi connectivity index (χ1) is 14.4. The van der Waals surface area contributed by atoms with Gasteiger partial charge in [0.15, 0.2) is 0 Å². The van der Waals surface area contributed by atoms with Crippen LogP contribution >= 0.6 is 0 Å². The van der Waals surface area contributed by atoms with E-state index in [4.69, 9.17) is 0 Å². The Balaban J connectivity index is 1.45. The number of rotatable bonds is 5. The number of pyridine rings is 1. The highest BCUT2D eigenvalue weighted by Crippen LogP contribution is 2.27. The predicted octanol–water partition coefficient (Wildman–Crippen LogP) is 2.25. The van der Waals surface area contributed by atoms with Crippen LogP contribution in [0.2, 0.25) is 0 Å². The summed E-state index contributed by atoms with van der Waals surface area (Å²) >= 11 is 0. The Morgan fingerprint density at radius 2 is 1.90 bits per heavy atom. The number of carbonyl (C=O) groups is 2. The van der Waals surface area contributed by atoms with Crippen LogP contribution in [0.1, 0.15) is 25.7 Å². The van der Waals surface area contributed by atoms with Gasteiger partial charge in [0, 0.05) is 37.9 Å². The van der Waals surface area contributed by atoms with Gasteiger partial charge in [0.05, 0.1) is 22.7 Å². The zero-order chi connectivity index (χ0) is 21.1. The first-order valence-corrected chi connectivity index (χ1v) is 11.5. The predicted molar refractivity (Wildman–Crippen MR) is 112 cm³/mol. The van der Waals surface area contributed by atoms with Gasteiger partial charge in [-0.3, -0.25) is 14.6 Å². The molecule has 0 saturated carbocycles. The highest BCUT2D eigenvalue weighted by molar-refractivity contribution is 7.89. The average molecular weight is 429 g/mol. The molecule has 1 aromatic carbocycles. The van der Waals surface area contributed by atoms with Crippen LogP contribution in [0, 0.1) is 5.92 Å². The molecule has 0 spiro atoms. The van der Waals surface area contributed by atoms with E-state index < -0.39 is 15.9 Å². The van der Waals surface area contributed by atoms with Crippen LogP contribution in [0.5, 0.6) is 0 Å². The summed E-state index contributed by atoms with van der Waals surface area (Å²) in [7, 11) is -3.72. The van der Waals surface area contributed by atoms with Crippen molar-refractivity contribution in [3.8, 4) is 0 Å². The van der Waals surface area contributed by atoms with Gasteiger partial charge in [-0.2, -0.15) is 4.31 Å². The SMILES string of the molecule is O=C(Nc1cccnc1)[C@H]1CCCN(S(=O)(=O)c2ccc(N3CCCC3=O)cc2)C1. The quantitative estimate of drug-likeness (QED) is 0.787. The lowest BCUT2D eigenvalue weighted by Gasteiger charge is -2.31. The van der Waals surface area contributed by atoms with E-state index in [1.165, 1.54) is 16.4 Å². The number of anilines is 2. The van der Waals surface area contributed by atoms with E-state index in [2.05, 4.69) is 10.3 Å². The molecule has 9 heteroatoms. The van der Waals surface area contributed by atoms with E-state index in [1.54, 1.807) is 41.6 Å². The molecule has 0 unspecified atom stereocenters. The molecule has 2 aliphatic rings. The number of piperidine rings is 1. The Bertz CT molecular complexity index is 1020. The van der Waals surface area contributed by atoms with Crippen LogP contribution in [-0.4, -0.2) is 49.2 Å². The second-order valence-electron chi connectivity index (χ2n) is 7.58. The van der Waals surface area contributed by atoms with E-state index >= 15 is 0 Å². The minimum atomic E-state index is -3.72. The first-order valence-electron chi connectivity index (χ1n) is 10.1. The molecular formula is C21H24N4O4S.